The van der Waals surface area contributed by atoms with Crippen LogP contribution < -0.4 is 5.43 Å². The lowest BCUT2D eigenvalue weighted by Crippen LogP contribution is -2.19. The van der Waals surface area contributed by atoms with Crippen molar-refractivity contribution in [3.05, 3.63) is 75.9 Å². The summed E-state index contributed by atoms with van der Waals surface area (Å²) in [4.78, 5) is 12.2. The number of hydrazone groups is 1. The number of H-pyrrole nitrogens is 1. The van der Waals surface area contributed by atoms with E-state index in [0.29, 0.717) is 27.1 Å². The summed E-state index contributed by atoms with van der Waals surface area (Å²) in [7, 11) is 0. The molecule has 0 unspecified atom stereocenters. The van der Waals surface area contributed by atoms with E-state index in [1.807, 2.05) is 30.3 Å². The number of halogens is 2. The smallest absolute Gasteiger partial charge is 0.272 e. The lowest BCUT2D eigenvalue weighted by atomic mass is 10.1. The summed E-state index contributed by atoms with van der Waals surface area (Å²) in [6.45, 7) is 1.77. The number of benzene rings is 2. The monoisotopic (exact) mass is 372 g/mol. The number of nitrogens with zero attached hydrogens (tertiary/aromatic N) is 2. The molecule has 0 spiro atoms. The van der Waals surface area contributed by atoms with Crippen LogP contribution in [0.2, 0.25) is 10.0 Å². The van der Waals surface area contributed by atoms with Gasteiger partial charge in [0, 0.05) is 21.2 Å². The Morgan fingerprint density at radius 3 is 2.56 bits per heavy atom. The van der Waals surface area contributed by atoms with Crippen LogP contribution in [-0.4, -0.2) is 21.8 Å². The molecule has 0 saturated carbocycles. The third-order valence-electron chi connectivity index (χ3n) is 3.55. The van der Waals surface area contributed by atoms with E-state index >= 15 is 0 Å². The molecule has 1 heterocycles. The molecule has 2 aromatic carbocycles. The van der Waals surface area contributed by atoms with Crippen molar-refractivity contribution < 1.29 is 4.79 Å². The minimum Gasteiger partial charge on any atom is -0.272 e. The van der Waals surface area contributed by atoms with Crippen LogP contribution >= 0.6 is 23.2 Å². The zero-order valence-electron chi connectivity index (χ0n) is 13.3. The molecule has 0 aliphatic rings. The van der Waals surface area contributed by atoms with Crippen molar-refractivity contribution in [1.82, 2.24) is 15.6 Å². The highest BCUT2D eigenvalue weighted by molar-refractivity contribution is 6.34. The van der Waals surface area contributed by atoms with E-state index in [4.69, 9.17) is 23.2 Å². The van der Waals surface area contributed by atoms with Crippen LogP contribution in [0.5, 0.6) is 0 Å². The zero-order chi connectivity index (χ0) is 17.8. The van der Waals surface area contributed by atoms with Gasteiger partial charge < -0.3 is 0 Å². The summed E-state index contributed by atoms with van der Waals surface area (Å²) in [6.07, 6.45) is 0. The largest absolute Gasteiger partial charge is 0.289 e. The molecule has 126 valence electrons. The molecule has 0 fully saturated rings. The first kappa shape index (κ1) is 17.2. The summed E-state index contributed by atoms with van der Waals surface area (Å²) >= 11 is 12.0. The summed E-state index contributed by atoms with van der Waals surface area (Å²) in [5, 5.41) is 12.1. The maximum Gasteiger partial charge on any atom is 0.289 e. The second-order valence-corrected chi connectivity index (χ2v) is 6.14. The molecule has 0 saturated heterocycles. The Balaban J connectivity index is 1.73. The van der Waals surface area contributed by atoms with E-state index in [0.717, 1.165) is 11.1 Å². The fourth-order valence-electron chi connectivity index (χ4n) is 2.22. The van der Waals surface area contributed by atoms with E-state index in [1.165, 1.54) is 0 Å². The number of aromatic nitrogens is 2. The molecular weight excluding hydrogens is 359 g/mol. The van der Waals surface area contributed by atoms with Crippen molar-refractivity contribution >= 4 is 34.8 Å². The first-order valence-corrected chi connectivity index (χ1v) is 8.21. The van der Waals surface area contributed by atoms with E-state index in [9.17, 15) is 4.79 Å². The molecule has 5 nitrogen and oxygen atoms in total. The van der Waals surface area contributed by atoms with Crippen LogP contribution in [0.25, 0.3) is 11.3 Å². The van der Waals surface area contributed by atoms with Crippen molar-refractivity contribution in [2.24, 2.45) is 5.10 Å². The van der Waals surface area contributed by atoms with Gasteiger partial charge in [0.1, 0.15) is 5.69 Å². The quantitative estimate of drug-likeness (QED) is 0.521. The summed E-state index contributed by atoms with van der Waals surface area (Å²) in [6, 6.07) is 16.1. The van der Waals surface area contributed by atoms with Gasteiger partial charge in [-0.1, -0.05) is 53.5 Å². The molecule has 0 aliphatic carbocycles. The van der Waals surface area contributed by atoms with E-state index in [-0.39, 0.29) is 5.91 Å². The normalized spacial score (nSPS) is 11.4. The van der Waals surface area contributed by atoms with Crippen LogP contribution in [0, 0.1) is 0 Å². The highest BCUT2D eigenvalue weighted by atomic mass is 35.5. The van der Waals surface area contributed by atoms with Gasteiger partial charge in [0.15, 0.2) is 0 Å². The number of carbonyl (C=O) groups is 1. The van der Waals surface area contributed by atoms with Gasteiger partial charge in [-0.05, 0) is 31.2 Å². The average molecular weight is 373 g/mol. The second-order valence-electron chi connectivity index (χ2n) is 5.29. The van der Waals surface area contributed by atoms with Crippen LogP contribution in [-0.2, 0) is 0 Å². The Labute approximate surface area is 154 Å². The second kappa shape index (κ2) is 7.51. The van der Waals surface area contributed by atoms with E-state index in [2.05, 4.69) is 20.7 Å². The van der Waals surface area contributed by atoms with Gasteiger partial charge in [0.2, 0.25) is 0 Å². The third kappa shape index (κ3) is 4.07. The molecule has 0 radical (unpaired) electrons. The standard InChI is InChI=1S/C18H14Cl2N4O/c1-11(14-4-2-3-5-15(14)20)21-24-18(25)17-10-16(22-23-17)12-6-8-13(19)9-7-12/h2-10H,1H3,(H,22,23)(H,24,25)/b21-11-. The van der Waals surface area contributed by atoms with Gasteiger partial charge in [0.25, 0.3) is 5.91 Å². The summed E-state index contributed by atoms with van der Waals surface area (Å²) in [5.41, 5.74) is 5.67. The van der Waals surface area contributed by atoms with Crippen LogP contribution in [0.15, 0.2) is 59.7 Å². The van der Waals surface area contributed by atoms with Gasteiger partial charge in [-0.3, -0.25) is 9.89 Å². The highest BCUT2D eigenvalue weighted by Gasteiger charge is 2.11. The SMILES string of the molecule is C/C(=N/NC(=O)c1cc(-c2ccc(Cl)cc2)n[nH]1)c1ccccc1Cl. The first-order chi connectivity index (χ1) is 12.0. The zero-order valence-corrected chi connectivity index (χ0v) is 14.8. The maximum atomic E-state index is 12.2. The lowest BCUT2D eigenvalue weighted by Gasteiger charge is -2.03. The van der Waals surface area contributed by atoms with E-state index in [1.54, 1.807) is 31.2 Å². The van der Waals surface area contributed by atoms with Gasteiger partial charge in [-0.25, -0.2) is 5.43 Å². The fraction of sp³-hybridized carbons (Fsp3) is 0.0556. The Hall–Kier alpha value is -2.63. The summed E-state index contributed by atoms with van der Waals surface area (Å²) in [5.74, 6) is -0.390. The van der Waals surface area contributed by atoms with Crippen LogP contribution in [0.3, 0.4) is 0 Å². The minimum atomic E-state index is -0.390. The Morgan fingerprint density at radius 1 is 1.12 bits per heavy atom. The molecule has 2 N–H and O–H groups in total. The average Bonchev–Trinajstić information content (AvgIpc) is 3.10. The number of aromatic amines is 1. The van der Waals surface area contributed by atoms with Crippen LogP contribution in [0.4, 0.5) is 0 Å². The number of amides is 1. The van der Waals surface area contributed by atoms with Gasteiger partial charge in [-0.15, -0.1) is 0 Å². The molecule has 1 aromatic heterocycles. The third-order valence-corrected chi connectivity index (χ3v) is 4.13. The fourth-order valence-corrected chi connectivity index (χ4v) is 2.61. The van der Waals surface area contributed by atoms with Crippen LogP contribution in [0.1, 0.15) is 23.0 Å². The Bertz CT molecular complexity index is 932. The number of hydrogen-bond donors (Lipinski definition) is 2. The maximum absolute atomic E-state index is 12.2. The van der Waals surface area contributed by atoms with Gasteiger partial charge in [-0.2, -0.15) is 10.2 Å². The van der Waals surface area contributed by atoms with Crippen molar-refractivity contribution in [2.75, 3.05) is 0 Å². The van der Waals surface area contributed by atoms with Crippen molar-refractivity contribution in [2.45, 2.75) is 6.92 Å². The predicted octanol–water partition coefficient (Wildman–Crippen LogP) is 4.54. The van der Waals surface area contributed by atoms with Crippen molar-refractivity contribution in [1.29, 1.82) is 0 Å². The molecular formula is C18H14Cl2N4O. The minimum absolute atomic E-state index is 0.306. The summed E-state index contributed by atoms with van der Waals surface area (Å²) < 4.78 is 0. The number of carbonyl (C=O) groups excluding carboxylic acids is 1. The lowest BCUT2D eigenvalue weighted by molar-refractivity contribution is 0.0950. The number of hydrogen-bond acceptors (Lipinski definition) is 3. The molecule has 25 heavy (non-hydrogen) atoms. The molecule has 0 aliphatic heterocycles. The topological polar surface area (TPSA) is 70.1 Å². The number of nitrogens with one attached hydrogen (secondary N) is 2. The van der Waals surface area contributed by atoms with Crippen molar-refractivity contribution in [3.63, 3.8) is 0 Å². The highest BCUT2D eigenvalue weighted by Crippen LogP contribution is 2.20. The predicted molar refractivity (Wildman–Crippen MR) is 100 cm³/mol. The Morgan fingerprint density at radius 2 is 1.84 bits per heavy atom. The molecule has 3 rings (SSSR count). The molecule has 3 aromatic rings. The van der Waals surface area contributed by atoms with Gasteiger partial charge in [0.05, 0.1) is 11.4 Å². The first-order valence-electron chi connectivity index (χ1n) is 7.45. The van der Waals surface area contributed by atoms with Crippen molar-refractivity contribution in [3.8, 4) is 11.3 Å². The molecule has 0 bridgehead atoms. The molecule has 0 atom stereocenters. The Kier molecular flexibility index (Phi) is 5.16. The molecule has 7 heteroatoms. The van der Waals surface area contributed by atoms with Gasteiger partial charge >= 0.3 is 0 Å². The van der Waals surface area contributed by atoms with E-state index < -0.39 is 0 Å². The number of rotatable bonds is 4. The molecule has 1 amide bonds.